The number of benzene rings is 1. The van der Waals surface area contributed by atoms with Gasteiger partial charge >= 0.3 is 5.97 Å². The molecule has 0 unspecified atom stereocenters. The lowest BCUT2D eigenvalue weighted by Crippen LogP contribution is -1.95. The maximum atomic E-state index is 10.6. The largest absolute Gasteiger partial charge is 0.508 e. The quantitative estimate of drug-likeness (QED) is 0.691. The number of rotatable bonds is 2. The average molecular weight is 204 g/mol. The first kappa shape index (κ1) is 9.26. The number of phenolic OH excluding ortho intramolecular Hbond substituents is 1. The molecule has 1 aromatic heterocycles. The minimum atomic E-state index is -1.06. The van der Waals surface area contributed by atoms with Crippen LogP contribution in [-0.2, 0) is 0 Å². The van der Waals surface area contributed by atoms with Gasteiger partial charge in [0, 0.05) is 5.56 Å². The summed E-state index contributed by atoms with van der Waals surface area (Å²) in [6, 6.07) is 6.42. The third-order valence-corrected chi connectivity index (χ3v) is 1.93. The summed E-state index contributed by atoms with van der Waals surface area (Å²) in [5, 5.41) is 17.9. The third kappa shape index (κ3) is 1.80. The van der Waals surface area contributed by atoms with Gasteiger partial charge in [0.05, 0.1) is 6.20 Å². The standard InChI is InChI=1S/C10H8N2O3/c13-7-3-1-2-6(4-7)9-11-5-8(12-9)10(14)15/h1-5,13H,(H,11,12)(H,14,15). The molecule has 0 radical (unpaired) electrons. The second-order valence-electron chi connectivity index (χ2n) is 3.00. The molecule has 0 aliphatic heterocycles. The number of phenols is 1. The number of hydrogen-bond acceptors (Lipinski definition) is 3. The van der Waals surface area contributed by atoms with Gasteiger partial charge in [-0.25, -0.2) is 9.78 Å². The minimum Gasteiger partial charge on any atom is -0.508 e. The summed E-state index contributed by atoms with van der Waals surface area (Å²) in [5.41, 5.74) is 0.663. The molecule has 0 aliphatic rings. The number of carboxylic acids is 1. The highest BCUT2D eigenvalue weighted by molar-refractivity contribution is 5.85. The van der Waals surface area contributed by atoms with E-state index in [0.717, 1.165) is 0 Å². The smallest absolute Gasteiger partial charge is 0.353 e. The lowest BCUT2D eigenvalue weighted by atomic mass is 10.2. The summed E-state index contributed by atoms with van der Waals surface area (Å²) in [5.74, 6) is -0.530. The van der Waals surface area contributed by atoms with Crippen molar-refractivity contribution < 1.29 is 15.0 Å². The van der Waals surface area contributed by atoms with Gasteiger partial charge < -0.3 is 15.2 Å². The van der Waals surface area contributed by atoms with Crippen LogP contribution in [0.1, 0.15) is 10.5 Å². The van der Waals surface area contributed by atoms with Gasteiger partial charge in [0.2, 0.25) is 0 Å². The van der Waals surface area contributed by atoms with Gasteiger partial charge in [-0.15, -0.1) is 0 Å². The summed E-state index contributed by atoms with van der Waals surface area (Å²) in [6.45, 7) is 0. The van der Waals surface area contributed by atoms with Crippen molar-refractivity contribution in [3.63, 3.8) is 0 Å². The van der Waals surface area contributed by atoms with Gasteiger partial charge in [-0.2, -0.15) is 0 Å². The number of carboxylic acid groups (broad SMARTS) is 1. The van der Waals surface area contributed by atoms with E-state index in [1.165, 1.54) is 18.3 Å². The second-order valence-corrected chi connectivity index (χ2v) is 3.00. The number of imidazole rings is 1. The van der Waals surface area contributed by atoms with Crippen molar-refractivity contribution in [2.75, 3.05) is 0 Å². The predicted molar refractivity (Wildman–Crippen MR) is 52.6 cm³/mol. The molecule has 2 rings (SSSR count). The van der Waals surface area contributed by atoms with Crippen molar-refractivity contribution in [1.29, 1.82) is 0 Å². The molecule has 0 bridgehead atoms. The van der Waals surface area contributed by atoms with E-state index < -0.39 is 5.97 Å². The molecule has 0 amide bonds. The molecular weight excluding hydrogens is 196 g/mol. The second kappa shape index (κ2) is 3.45. The first-order valence-electron chi connectivity index (χ1n) is 4.24. The Morgan fingerprint density at radius 2 is 2.20 bits per heavy atom. The van der Waals surface area contributed by atoms with Crippen molar-refractivity contribution in [3.05, 3.63) is 36.2 Å². The Morgan fingerprint density at radius 3 is 2.80 bits per heavy atom. The zero-order valence-corrected chi connectivity index (χ0v) is 7.64. The van der Waals surface area contributed by atoms with Crippen molar-refractivity contribution in [3.8, 4) is 17.1 Å². The van der Waals surface area contributed by atoms with Crippen LogP contribution < -0.4 is 0 Å². The highest BCUT2D eigenvalue weighted by Crippen LogP contribution is 2.20. The molecule has 1 heterocycles. The topological polar surface area (TPSA) is 86.2 Å². The van der Waals surface area contributed by atoms with Crippen LogP contribution in [0.15, 0.2) is 30.5 Å². The molecule has 0 aliphatic carbocycles. The Morgan fingerprint density at radius 1 is 1.40 bits per heavy atom. The molecule has 15 heavy (non-hydrogen) atoms. The van der Waals surface area contributed by atoms with Crippen LogP contribution in [0.3, 0.4) is 0 Å². The van der Waals surface area contributed by atoms with Crippen molar-refractivity contribution >= 4 is 5.97 Å². The fourth-order valence-corrected chi connectivity index (χ4v) is 1.23. The van der Waals surface area contributed by atoms with Gasteiger partial charge in [-0.3, -0.25) is 0 Å². The lowest BCUT2D eigenvalue weighted by molar-refractivity contribution is 0.0691. The number of aromatic hydroxyl groups is 1. The van der Waals surface area contributed by atoms with Gasteiger partial charge in [-0.1, -0.05) is 12.1 Å². The van der Waals surface area contributed by atoms with Gasteiger partial charge in [0.25, 0.3) is 0 Å². The van der Waals surface area contributed by atoms with E-state index in [1.807, 2.05) is 0 Å². The van der Waals surface area contributed by atoms with Crippen LogP contribution in [0.5, 0.6) is 5.75 Å². The van der Waals surface area contributed by atoms with E-state index in [9.17, 15) is 9.90 Å². The highest BCUT2D eigenvalue weighted by atomic mass is 16.4. The maximum absolute atomic E-state index is 10.6. The van der Waals surface area contributed by atoms with Crippen molar-refractivity contribution in [2.45, 2.75) is 0 Å². The third-order valence-electron chi connectivity index (χ3n) is 1.93. The SMILES string of the molecule is O=C(O)c1cnc(-c2cccc(O)c2)[nH]1. The van der Waals surface area contributed by atoms with Crippen molar-refractivity contribution in [2.24, 2.45) is 0 Å². The molecule has 0 fully saturated rings. The number of nitrogens with one attached hydrogen (secondary N) is 1. The number of H-pyrrole nitrogens is 1. The number of hydrogen-bond donors (Lipinski definition) is 3. The summed E-state index contributed by atoms with van der Waals surface area (Å²) < 4.78 is 0. The molecule has 3 N–H and O–H groups in total. The lowest BCUT2D eigenvalue weighted by Gasteiger charge is -1.96. The molecule has 5 nitrogen and oxygen atoms in total. The number of aromatic nitrogens is 2. The molecule has 0 saturated carbocycles. The van der Waals surface area contributed by atoms with Crippen LogP contribution >= 0.6 is 0 Å². The first-order valence-corrected chi connectivity index (χ1v) is 4.24. The fraction of sp³-hybridized carbons (Fsp3) is 0. The van der Waals surface area contributed by atoms with Crippen LogP contribution in [0.2, 0.25) is 0 Å². The predicted octanol–water partition coefficient (Wildman–Crippen LogP) is 1.48. The summed E-state index contributed by atoms with van der Waals surface area (Å²) >= 11 is 0. The number of aromatic amines is 1. The highest BCUT2D eigenvalue weighted by Gasteiger charge is 2.08. The van der Waals surface area contributed by atoms with Crippen molar-refractivity contribution in [1.82, 2.24) is 9.97 Å². The zero-order valence-electron chi connectivity index (χ0n) is 7.64. The molecule has 1 aromatic carbocycles. The van der Waals surface area contributed by atoms with Crippen LogP contribution in [0, 0.1) is 0 Å². The number of nitrogens with zero attached hydrogens (tertiary/aromatic N) is 1. The van der Waals surface area contributed by atoms with E-state index in [0.29, 0.717) is 11.4 Å². The molecule has 0 saturated heterocycles. The first-order chi connectivity index (χ1) is 7.16. The Kier molecular flexibility index (Phi) is 2.13. The summed E-state index contributed by atoms with van der Waals surface area (Å²) in [4.78, 5) is 17.1. The number of aromatic carboxylic acids is 1. The van der Waals surface area contributed by atoms with E-state index in [4.69, 9.17) is 5.11 Å². The average Bonchev–Trinajstić information content (AvgIpc) is 2.66. The van der Waals surface area contributed by atoms with Gasteiger partial charge in [0.1, 0.15) is 17.3 Å². The fourth-order valence-electron chi connectivity index (χ4n) is 1.23. The molecule has 2 aromatic rings. The van der Waals surface area contributed by atoms with E-state index in [-0.39, 0.29) is 11.4 Å². The molecule has 5 heteroatoms. The van der Waals surface area contributed by atoms with Crippen LogP contribution in [0.4, 0.5) is 0 Å². The van der Waals surface area contributed by atoms with E-state index >= 15 is 0 Å². The van der Waals surface area contributed by atoms with Gasteiger partial charge in [-0.05, 0) is 12.1 Å². The Bertz CT molecular complexity index is 505. The molecule has 0 spiro atoms. The monoisotopic (exact) mass is 204 g/mol. The van der Waals surface area contributed by atoms with Crippen LogP contribution in [-0.4, -0.2) is 26.2 Å². The molecule has 76 valence electrons. The van der Waals surface area contributed by atoms with E-state index in [2.05, 4.69) is 9.97 Å². The Hall–Kier alpha value is -2.30. The molecular formula is C10H8N2O3. The van der Waals surface area contributed by atoms with E-state index in [1.54, 1.807) is 12.1 Å². The summed E-state index contributed by atoms with van der Waals surface area (Å²) in [7, 11) is 0. The maximum Gasteiger partial charge on any atom is 0.353 e. The van der Waals surface area contributed by atoms with Gasteiger partial charge in [0.15, 0.2) is 0 Å². The number of carbonyl (C=O) groups is 1. The zero-order chi connectivity index (χ0) is 10.8. The Labute approximate surface area is 85.0 Å². The Balaban J connectivity index is 2.41. The molecule has 0 atom stereocenters. The summed E-state index contributed by atoms with van der Waals surface area (Å²) in [6.07, 6.45) is 1.24. The minimum absolute atomic E-state index is 0.0216. The van der Waals surface area contributed by atoms with Crippen LogP contribution in [0.25, 0.3) is 11.4 Å². The normalized spacial score (nSPS) is 10.1.